The zero-order valence-corrected chi connectivity index (χ0v) is 15.5. The first-order valence-electron chi connectivity index (χ1n) is 8.83. The lowest BCUT2D eigenvalue weighted by molar-refractivity contribution is -0.129. The lowest BCUT2D eigenvalue weighted by Gasteiger charge is -2.17. The summed E-state index contributed by atoms with van der Waals surface area (Å²) in [5.74, 6) is -1.73. The minimum absolute atomic E-state index is 0.146. The van der Waals surface area contributed by atoms with E-state index in [0.717, 1.165) is 0 Å². The van der Waals surface area contributed by atoms with Crippen LogP contribution in [0.5, 0.6) is 0 Å². The standard InChI is InChI=1S/C20H18N4O5/c1-2-21-20(28)22-18(26)16(12-8-4-3-5-9-12)29-19(27)15-13-10-6-7-11-14(13)17(25)24-23-15/h3-11,16H,2H2,1H3,(H,24,25)(H2,21,22,26,28)/t16-/m1/s1. The number of fused-ring (bicyclic) bond motifs is 1. The molecule has 9 heteroatoms. The van der Waals surface area contributed by atoms with Gasteiger partial charge in [-0.25, -0.2) is 14.7 Å². The van der Waals surface area contributed by atoms with E-state index in [1.165, 1.54) is 0 Å². The number of imide groups is 1. The molecule has 0 unspecified atom stereocenters. The minimum atomic E-state index is -1.39. The molecule has 1 heterocycles. The molecular formula is C20H18N4O5. The first-order valence-corrected chi connectivity index (χ1v) is 8.83. The molecule has 0 radical (unpaired) electrons. The number of urea groups is 1. The van der Waals surface area contributed by atoms with Crippen LogP contribution in [0.1, 0.15) is 29.1 Å². The highest BCUT2D eigenvalue weighted by Gasteiger charge is 2.28. The summed E-state index contributed by atoms with van der Waals surface area (Å²) in [6, 6.07) is 14.0. The van der Waals surface area contributed by atoms with Gasteiger partial charge < -0.3 is 10.1 Å². The number of ether oxygens (including phenoxy) is 1. The molecule has 0 aliphatic rings. The summed E-state index contributed by atoms with van der Waals surface area (Å²) in [4.78, 5) is 49.0. The SMILES string of the molecule is CCNC(=O)NC(=O)[C@H](OC(=O)c1n[nH]c(=O)c2ccccc12)c1ccccc1. The Bertz CT molecular complexity index is 1110. The highest BCUT2D eigenvalue weighted by Crippen LogP contribution is 2.21. The van der Waals surface area contributed by atoms with Crippen LogP contribution >= 0.6 is 0 Å². The molecule has 1 aromatic heterocycles. The molecule has 3 rings (SSSR count). The average molecular weight is 394 g/mol. The van der Waals surface area contributed by atoms with E-state index in [0.29, 0.717) is 12.1 Å². The second-order valence-corrected chi connectivity index (χ2v) is 5.99. The maximum Gasteiger partial charge on any atom is 0.360 e. The fourth-order valence-corrected chi connectivity index (χ4v) is 2.72. The fourth-order valence-electron chi connectivity index (χ4n) is 2.72. The molecule has 0 spiro atoms. The summed E-state index contributed by atoms with van der Waals surface area (Å²) in [6.45, 7) is 2.02. The molecule has 0 aliphatic heterocycles. The van der Waals surface area contributed by atoms with Gasteiger partial charge in [0, 0.05) is 17.5 Å². The first kappa shape index (κ1) is 19.7. The third-order valence-corrected chi connectivity index (χ3v) is 4.03. The molecule has 0 aliphatic carbocycles. The Balaban J connectivity index is 1.93. The van der Waals surface area contributed by atoms with Crippen molar-refractivity contribution >= 4 is 28.7 Å². The van der Waals surface area contributed by atoms with Crippen LogP contribution in [0.4, 0.5) is 4.79 Å². The topological polar surface area (TPSA) is 130 Å². The summed E-state index contributed by atoms with van der Waals surface area (Å²) in [7, 11) is 0. The van der Waals surface area contributed by atoms with Crippen LogP contribution in [0.15, 0.2) is 59.4 Å². The molecule has 3 amide bonds. The van der Waals surface area contributed by atoms with Gasteiger partial charge in [-0.1, -0.05) is 48.5 Å². The predicted octanol–water partition coefficient (Wildman–Crippen LogP) is 1.67. The Hall–Kier alpha value is -4.01. The number of carbonyl (C=O) groups excluding carboxylic acids is 3. The van der Waals surface area contributed by atoms with Crippen molar-refractivity contribution in [3.63, 3.8) is 0 Å². The van der Waals surface area contributed by atoms with Gasteiger partial charge in [0.15, 0.2) is 5.69 Å². The van der Waals surface area contributed by atoms with Crippen LogP contribution in [0.2, 0.25) is 0 Å². The van der Waals surface area contributed by atoms with Gasteiger partial charge in [0.25, 0.3) is 11.5 Å². The van der Waals surface area contributed by atoms with Crippen LogP contribution in [0, 0.1) is 0 Å². The summed E-state index contributed by atoms with van der Waals surface area (Å²) < 4.78 is 5.40. The number of H-pyrrole nitrogens is 1. The maximum atomic E-state index is 12.8. The van der Waals surface area contributed by atoms with Crippen molar-refractivity contribution in [3.05, 3.63) is 76.2 Å². The quantitative estimate of drug-likeness (QED) is 0.564. The molecule has 1 atom stereocenters. The lowest BCUT2D eigenvalue weighted by atomic mass is 10.1. The molecular weight excluding hydrogens is 376 g/mol. The molecule has 3 aromatic rings. The summed E-state index contributed by atoms with van der Waals surface area (Å²) in [5.41, 5.74) is -0.228. The Morgan fingerprint density at radius 1 is 1.03 bits per heavy atom. The van der Waals surface area contributed by atoms with Crippen molar-refractivity contribution < 1.29 is 19.1 Å². The summed E-state index contributed by atoms with van der Waals surface area (Å²) in [5, 5.41) is 11.1. The normalized spacial score (nSPS) is 11.5. The number of amides is 3. The smallest absolute Gasteiger partial charge is 0.360 e. The van der Waals surface area contributed by atoms with Crippen molar-refractivity contribution in [1.82, 2.24) is 20.8 Å². The van der Waals surface area contributed by atoms with E-state index in [4.69, 9.17) is 4.74 Å². The molecule has 0 bridgehead atoms. The first-order chi connectivity index (χ1) is 14.0. The van der Waals surface area contributed by atoms with E-state index in [1.807, 2.05) is 0 Å². The van der Waals surface area contributed by atoms with Crippen molar-refractivity contribution in [1.29, 1.82) is 0 Å². The van der Waals surface area contributed by atoms with Crippen molar-refractivity contribution in [2.45, 2.75) is 13.0 Å². The molecule has 148 valence electrons. The number of benzene rings is 2. The third-order valence-electron chi connectivity index (χ3n) is 4.03. The van der Waals surface area contributed by atoms with E-state index < -0.39 is 29.6 Å². The van der Waals surface area contributed by atoms with Gasteiger partial charge in [0.05, 0.1) is 5.39 Å². The van der Waals surface area contributed by atoms with Gasteiger partial charge in [0.2, 0.25) is 6.10 Å². The lowest BCUT2D eigenvalue weighted by Crippen LogP contribution is -2.42. The minimum Gasteiger partial charge on any atom is -0.442 e. The van der Waals surface area contributed by atoms with Crippen LogP contribution in [0.3, 0.4) is 0 Å². The number of hydrogen-bond acceptors (Lipinski definition) is 6. The zero-order chi connectivity index (χ0) is 20.8. The Morgan fingerprint density at radius 2 is 1.69 bits per heavy atom. The van der Waals surface area contributed by atoms with E-state index in [1.54, 1.807) is 61.5 Å². The second kappa shape index (κ2) is 8.79. The van der Waals surface area contributed by atoms with E-state index in [2.05, 4.69) is 20.8 Å². The Morgan fingerprint density at radius 3 is 2.38 bits per heavy atom. The Kier molecular flexibility index (Phi) is 5.98. The average Bonchev–Trinajstić information content (AvgIpc) is 2.73. The van der Waals surface area contributed by atoms with Crippen LogP contribution in [-0.2, 0) is 9.53 Å². The van der Waals surface area contributed by atoms with Gasteiger partial charge in [-0.3, -0.25) is 14.9 Å². The molecule has 2 aromatic carbocycles. The number of rotatable bonds is 5. The number of hydrogen-bond donors (Lipinski definition) is 3. The zero-order valence-electron chi connectivity index (χ0n) is 15.5. The van der Waals surface area contributed by atoms with Crippen molar-refractivity contribution in [2.24, 2.45) is 0 Å². The number of nitrogens with zero attached hydrogens (tertiary/aromatic N) is 1. The number of nitrogens with one attached hydrogen (secondary N) is 3. The Labute approximate surface area is 165 Å². The van der Waals surface area contributed by atoms with Gasteiger partial charge >= 0.3 is 12.0 Å². The van der Waals surface area contributed by atoms with Gasteiger partial charge in [-0.05, 0) is 13.0 Å². The molecule has 0 saturated carbocycles. The second-order valence-electron chi connectivity index (χ2n) is 5.99. The van der Waals surface area contributed by atoms with Crippen molar-refractivity contribution in [3.8, 4) is 0 Å². The van der Waals surface area contributed by atoms with Gasteiger partial charge in [-0.2, -0.15) is 5.10 Å². The maximum absolute atomic E-state index is 12.8. The largest absolute Gasteiger partial charge is 0.442 e. The number of aromatic amines is 1. The highest BCUT2D eigenvalue weighted by atomic mass is 16.5. The predicted molar refractivity (Wildman–Crippen MR) is 104 cm³/mol. The molecule has 29 heavy (non-hydrogen) atoms. The van der Waals surface area contributed by atoms with Gasteiger partial charge in [-0.15, -0.1) is 0 Å². The number of aromatic nitrogens is 2. The summed E-state index contributed by atoms with van der Waals surface area (Å²) >= 11 is 0. The number of esters is 1. The molecule has 3 N–H and O–H groups in total. The fraction of sp³-hybridized carbons (Fsp3) is 0.150. The molecule has 9 nitrogen and oxygen atoms in total. The van der Waals surface area contributed by atoms with Crippen LogP contribution in [-0.4, -0.2) is 34.6 Å². The van der Waals surface area contributed by atoms with Crippen molar-refractivity contribution in [2.75, 3.05) is 6.54 Å². The van der Waals surface area contributed by atoms with E-state index in [9.17, 15) is 19.2 Å². The van der Waals surface area contributed by atoms with Crippen LogP contribution < -0.4 is 16.2 Å². The van der Waals surface area contributed by atoms with E-state index in [-0.39, 0.29) is 16.5 Å². The third kappa shape index (κ3) is 4.46. The highest BCUT2D eigenvalue weighted by molar-refractivity contribution is 6.04. The number of carbonyl (C=O) groups is 3. The van der Waals surface area contributed by atoms with Crippen LogP contribution in [0.25, 0.3) is 10.8 Å². The molecule has 0 fully saturated rings. The monoisotopic (exact) mass is 394 g/mol. The summed E-state index contributed by atoms with van der Waals surface area (Å²) in [6.07, 6.45) is -1.39. The van der Waals surface area contributed by atoms with Gasteiger partial charge in [0.1, 0.15) is 0 Å². The molecule has 0 saturated heterocycles. The van der Waals surface area contributed by atoms with E-state index >= 15 is 0 Å².